The Hall–Kier alpha value is -3.19. The number of aryl methyl sites for hydroxylation is 2. The first-order chi connectivity index (χ1) is 14.9. The Bertz CT molecular complexity index is 1140. The quantitative estimate of drug-likeness (QED) is 0.594. The van der Waals surface area contributed by atoms with Gasteiger partial charge in [-0.1, -0.05) is 24.3 Å². The van der Waals surface area contributed by atoms with E-state index in [0.717, 1.165) is 38.7 Å². The Kier molecular flexibility index (Phi) is 6.04. The molecule has 1 aliphatic heterocycles. The fourth-order valence-electron chi connectivity index (χ4n) is 3.86. The summed E-state index contributed by atoms with van der Waals surface area (Å²) in [7, 11) is 1.38. The molecule has 3 aromatic rings. The van der Waals surface area contributed by atoms with E-state index in [9.17, 15) is 9.59 Å². The molecule has 4 rings (SSSR count). The highest BCUT2D eigenvalue weighted by Crippen LogP contribution is 2.41. The highest BCUT2D eigenvalue weighted by Gasteiger charge is 2.28. The van der Waals surface area contributed by atoms with Crippen molar-refractivity contribution in [3.8, 4) is 16.9 Å². The molecule has 1 atom stereocenters. The van der Waals surface area contributed by atoms with Crippen LogP contribution in [0.5, 0.6) is 5.75 Å². The highest BCUT2D eigenvalue weighted by atomic mass is 32.1. The molecule has 6 nitrogen and oxygen atoms in total. The van der Waals surface area contributed by atoms with Gasteiger partial charge in [0.1, 0.15) is 11.9 Å². The number of fused-ring (bicyclic) bond motifs is 1. The fraction of sp³-hybridized carbons (Fsp3) is 0.292. The lowest BCUT2D eigenvalue weighted by Crippen LogP contribution is -2.35. The molecule has 0 unspecified atom stereocenters. The van der Waals surface area contributed by atoms with Crippen molar-refractivity contribution in [2.75, 3.05) is 13.7 Å². The maximum Gasteiger partial charge on any atom is 0.338 e. The number of ether oxygens (including phenoxy) is 2. The minimum atomic E-state index is -0.384. The molecule has 1 aliphatic rings. The highest BCUT2D eigenvalue weighted by molar-refractivity contribution is 7.09. The van der Waals surface area contributed by atoms with E-state index in [0.29, 0.717) is 18.5 Å². The van der Waals surface area contributed by atoms with Crippen LogP contribution >= 0.6 is 11.3 Å². The molecule has 0 saturated heterocycles. The molecule has 160 valence electrons. The molecule has 1 N–H and O–H groups in total. The standard InChI is InChI=1S/C24H24N2O4S/c1-14-8-16-10-18(12-25-22(27)11-17-13-31-15(2)26-17)30-23(16)21(9-14)19-6-4-5-7-20(19)24(28)29-3/h4-9,13,18H,10-12H2,1-3H3,(H,25,27)/t18-/m1/s1. The summed E-state index contributed by atoms with van der Waals surface area (Å²) in [6, 6.07) is 11.5. The summed E-state index contributed by atoms with van der Waals surface area (Å²) in [6.45, 7) is 4.36. The zero-order valence-electron chi connectivity index (χ0n) is 17.7. The summed E-state index contributed by atoms with van der Waals surface area (Å²) >= 11 is 1.54. The van der Waals surface area contributed by atoms with Crippen LogP contribution in [-0.2, 0) is 22.4 Å². The molecule has 0 fully saturated rings. The first-order valence-corrected chi connectivity index (χ1v) is 11.0. The molecule has 0 spiro atoms. The number of aromatic nitrogens is 1. The van der Waals surface area contributed by atoms with Gasteiger partial charge in [0, 0.05) is 17.4 Å². The molecule has 7 heteroatoms. The van der Waals surface area contributed by atoms with Gasteiger partial charge in [0.05, 0.1) is 36.3 Å². The van der Waals surface area contributed by atoms with Crippen molar-refractivity contribution < 1.29 is 19.1 Å². The van der Waals surface area contributed by atoms with Crippen molar-refractivity contribution in [1.82, 2.24) is 10.3 Å². The molecule has 0 bridgehead atoms. The van der Waals surface area contributed by atoms with Crippen molar-refractivity contribution in [2.45, 2.75) is 32.8 Å². The number of amides is 1. The number of carbonyl (C=O) groups is 2. The van der Waals surface area contributed by atoms with Crippen LogP contribution in [0.25, 0.3) is 11.1 Å². The van der Waals surface area contributed by atoms with E-state index < -0.39 is 0 Å². The predicted molar refractivity (Wildman–Crippen MR) is 120 cm³/mol. The Morgan fingerprint density at radius 2 is 2.03 bits per heavy atom. The molecular formula is C24H24N2O4S. The zero-order chi connectivity index (χ0) is 22.0. The van der Waals surface area contributed by atoms with E-state index in [-0.39, 0.29) is 24.4 Å². The number of rotatable bonds is 6. The summed E-state index contributed by atoms with van der Waals surface area (Å²) in [5, 5.41) is 5.82. The smallest absolute Gasteiger partial charge is 0.338 e. The maximum absolute atomic E-state index is 12.3. The molecule has 1 amide bonds. The second-order valence-electron chi connectivity index (χ2n) is 7.62. The largest absolute Gasteiger partial charge is 0.487 e. The summed E-state index contributed by atoms with van der Waals surface area (Å²) < 4.78 is 11.2. The van der Waals surface area contributed by atoms with E-state index >= 15 is 0 Å². The second kappa shape index (κ2) is 8.89. The van der Waals surface area contributed by atoms with Crippen LogP contribution in [0.15, 0.2) is 41.8 Å². The summed E-state index contributed by atoms with van der Waals surface area (Å²) in [5.41, 5.74) is 5.08. The number of benzene rings is 2. The molecular weight excluding hydrogens is 412 g/mol. The van der Waals surface area contributed by atoms with Gasteiger partial charge in [0.15, 0.2) is 0 Å². The van der Waals surface area contributed by atoms with Gasteiger partial charge in [0.2, 0.25) is 5.91 Å². The number of methoxy groups -OCH3 is 1. The molecule has 2 aromatic carbocycles. The van der Waals surface area contributed by atoms with Gasteiger partial charge in [-0.05, 0) is 42.7 Å². The molecule has 31 heavy (non-hydrogen) atoms. The summed E-state index contributed by atoms with van der Waals surface area (Å²) in [6.07, 6.45) is 0.795. The van der Waals surface area contributed by atoms with Crippen LogP contribution in [-0.4, -0.2) is 36.6 Å². The van der Waals surface area contributed by atoms with E-state index in [4.69, 9.17) is 9.47 Å². The van der Waals surface area contributed by atoms with Gasteiger partial charge in [0.25, 0.3) is 0 Å². The average molecular weight is 437 g/mol. The van der Waals surface area contributed by atoms with Gasteiger partial charge >= 0.3 is 5.97 Å². The number of esters is 1. The predicted octanol–water partition coefficient (Wildman–Crippen LogP) is 3.88. The Morgan fingerprint density at radius 3 is 2.77 bits per heavy atom. The van der Waals surface area contributed by atoms with E-state index in [2.05, 4.69) is 16.4 Å². The Morgan fingerprint density at radius 1 is 1.23 bits per heavy atom. The third kappa shape index (κ3) is 4.61. The number of hydrogen-bond donors (Lipinski definition) is 1. The van der Waals surface area contributed by atoms with Crippen molar-refractivity contribution >= 4 is 23.2 Å². The lowest BCUT2D eigenvalue weighted by atomic mass is 9.94. The van der Waals surface area contributed by atoms with Crippen LogP contribution in [0.1, 0.15) is 32.2 Å². The van der Waals surface area contributed by atoms with Crippen LogP contribution in [0.4, 0.5) is 0 Å². The average Bonchev–Trinajstić information content (AvgIpc) is 3.36. The van der Waals surface area contributed by atoms with E-state index in [1.165, 1.54) is 18.4 Å². The number of hydrogen-bond acceptors (Lipinski definition) is 6. The first-order valence-electron chi connectivity index (χ1n) is 10.1. The third-order valence-corrected chi connectivity index (χ3v) is 6.02. The van der Waals surface area contributed by atoms with Gasteiger partial charge in [-0.2, -0.15) is 0 Å². The van der Waals surface area contributed by atoms with Gasteiger partial charge in [-0.25, -0.2) is 9.78 Å². The van der Waals surface area contributed by atoms with Gasteiger partial charge in [-0.15, -0.1) is 11.3 Å². The van der Waals surface area contributed by atoms with Crippen molar-refractivity contribution in [3.05, 3.63) is 69.2 Å². The Labute approximate surface area is 185 Å². The lowest BCUT2D eigenvalue weighted by molar-refractivity contribution is -0.120. The first kappa shape index (κ1) is 21.1. The SMILES string of the molecule is COC(=O)c1ccccc1-c1cc(C)cc2c1O[C@@H](CNC(=O)Cc1csc(C)n1)C2. The minimum absolute atomic E-state index is 0.0719. The molecule has 0 radical (unpaired) electrons. The minimum Gasteiger partial charge on any atom is -0.487 e. The van der Waals surface area contributed by atoms with Crippen molar-refractivity contribution in [1.29, 1.82) is 0 Å². The molecule has 2 heterocycles. The second-order valence-corrected chi connectivity index (χ2v) is 8.68. The lowest BCUT2D eigenvalue weighted by Gasteiger charge is -2.15. The van der Waals surface area contributed by atoms with Crippen LogP contribution in [0.2, 0.25) is 0 Å². The number of nitrogens with zero attached hydrogens (tertiary/aromatic N) is 1. The van der Waals surface area contributed by atoms with Crippen LogP contribution in [0, 0.1) is 13.8 Å². The normalized spacial score (nSPS) is 14.6. The van der Waals surface area contributed by atoms with Crippen molar-refractivity contribution in [2.24, 2.45) is 0 Å². The van der Waals surface area contributed by atoms with Crippen molar-refractivity contribution in [3.63, 3.8) is 0 Å². The van der Waals surface area contributed by atoms with Gasteiger partial charge < -0.3 is 14.8 Å². The number of nitrogens with one attached hydrogen (secondary N) is 1. The molecule has 0 aliphatic carbocycles. The fourth-order valence-corrected chi connectivity index (χ4v) is 4.47. The van der Waals surface area contributed by atoms with Crippen LogP contribution < -0.4 is 10.1 Å². The molecule has 0 saturated carbocycles. The zero-order valence-corrected chi connectivity index (χ0v) is 18.5. The monoisotopic (exact) mass is 436 g/mol. The Balaban J connectivity index is 1.51. The number of carbonyl (C=O) groups excluding carboxylic acids is 2. The van der Waals surface area contributed by atoms with Crippen LogP contribution in [0.3, 0.4) is 0 Å². The topological polar surface area (TPSA) is 77.5 Å². The summed E-state index contributed by atoms with van der Waals surface area (Å²) in [5.74, 6) is 0.304. The van der Waals surface area contributed by atoms with E-state index in [1.807, 2.05) is 43.5 Å². The number of thiazole rings is 1. The third-order valence-electron chi connectivity index (χ3n) is 5.20. The molecule has 1 aromatic heterocycles. The summed E-state index contributed by atoms with van der Waals surface area (Å²) in [4.78, 5) is 28.9. The van der Waals surface area contributed by atoms with E-state index in [1.54, 1.807) is 6.07 Å². The van der Waals surface area contributed by atoms with Gasteiger partial charge in [-0.3, -0.25) is 4.79 Å². The maximum atomic E-state index is 12.3.